The zero-order chi connectivity index (χ0) is 15.7. The minimum absolute atomic E-state index is 0.375. The van der Waals surface area contributed by atoms with Crippen LogP contribution in [0.5, 0.6) is 0 Å². The van der Waals surface area contributed by atoms with Crippen LogP contribution in [0.2, 0.25) is 0 Å². The number of aryl methyl sites for hydroxylation is 1. The highest BCUT2D eigenvalue weighted by Crippen LogP contribution is 2.15. The van der Waals surface area contributed by atoms with Crippen LogP contribution in [-0.2, 0) is 23.1 Å². The van der Waals surface area contributed by atoms with E-state index in [2.05, 4.69) is 23.9 Å². The van der Waals surface area contributed by atoms with Gasteiger partial charge in [-0.3, -0.25) is 0 Å². The molecule has 0 aromatic carbocycles. The molecule has 1 aromatic heterocycles. The van der Waals surface area contributed by atoms with E-state index in [-0.39, 0.29) is 0 Å². The predicted molar refractivity (Wildman–Crippen MR) is 86.8 cm³/mol. The monoisotopic (exact) mass is 315 g/mol. The molecule has 6 heteroatoms. The molecule has 0 spiro atoms. The molecule has 0 amide bonds. The maximum atomic E-state index is 12.3. The lowest BCUT2D eigenvalue weighted by Gasteiger charge is -2.08. The molecule has 0 atom stereocenters. The molecule has 1 aromatic rings. The third-order valence-electron chi connectivity index (χ3n) is 3.29. The summed E-state index contributed by atoms with van der Waals surface area (Å²) in [6.07, 6.45) is 5.64. The van der Waals surface area contributed by atoms with Crippen LogP contribution in [-0.4, -0.2) is 26.1 Å². The van der Waals surface area contributed by atoms with Gasteiger partial charge in [0.1, 0.15) is 0 Å². The lowest BCUT2D eigenvalue weighted by Crippen LogP contribution is -2.24. The topological polar surface area (TPSA) is 63.1 Å². The predicted octanol–water partition coefficient (Wildman–Crippen LogP) is 2.48. The van der Waals surface area contributed by atoms with Crippen molar-refractivity contribution in [3.05, 3.63) is 18.0 Å². The van der Waals surface area contributed by atoms with E-state index >= 15 is 0 Å². The molecule has 0 saturated heterocycles. The summed E-state index contributed by atoms with van der Waals surface area (Å²) in [4.78, 5) is 0.375. The van der Waals surface area contributed by atoms with Crippen LogP contribution in [0.15, 0.2) is 17.2 Å². The number of nitrogens with zero attached hydrogens (tertiary/aromatic N) is 1. The van der Waals surface area contributed by atoms with Crippen LogP contribution in [0.4, 0.5) is 0 Å². The van der Waals surface area contributed by atoms with Crippen LogP contribution in [0.25, 0.3) is 0 Å². The maximum absolute atomic E-state index is 12.3. The Balaban J connectivity index is 2.84. The van der Waals surface area contributed by atoms with Crippen molar-refractivity contribution in [2.45, 2.75) is 64.4 Å². The molecule has 1 heterocycles. The Kier molecular flexibility index (Phi) is 8.00. The minimum atomic E-state index is -3.38. The quantitative estimate of drug-likeness (QED) is 0.617. The summed E-state index contributed by atoms with van der Waals surface area (Å²) in [5.41, 5.74) is 1.03. The lowest BCUT2D eigenvalue weighted by molar-refractivity contribution is 0.577. The van der Waals surface area contributed by atoms with E-state index in [0.29, 0.717) is 18.0 Å². The Morgan fingerprint density at radius 1 is 1.10 bits per heavy atom. The molecular formula is C15H29N3O2S. The van der Waals surface area contributed by atoms with E-state index in [0.717, 1.165) is 44.5 Å². The van der Waals surface area contributed by atoms with Crippen LogP contribution < -0.4 is 10.0 Å². The number of nitrogens with one attached hydrogen (secondary N) is 2. The van der Waals surface area contributed by atoms with E-state index < -0.39 is 10.0 Å². The van der Waals surface area contributed by atoms with Crippen molar-refractivity contribution in [1.29, 1.82) is 0 Å². The van der Waals surface area contributed by atoms with Gasteiger partial charge >= 0.3 is 0 Å². The average molecular weight is 315 g/mol. The van der Waals surface area contributed by atoms with E-state index in [9.17, 15) is 8.42 Å². The minimum Gasteiger partial charge on any atom is -0.349 e. The van der Waals surface area contributed by atoms with Gasteiger partial charge < -0.3 is 9.88 Å². The Labute approximate surface area is 129 Å². The van der Waals surface area contributed by atoms with Gasteiger partial charge in [-0.15, -0.1) is 0 Å². The molecule has 5 nitrogen and oxygen atoms in total. The number of hydrogen-bond acceptors (Lipinski definition) is 3. The second-order valence-electron chi connectivity index (χ2n) is 5.29. The summed E-state index contributed by atoms with van der Waals surface area (Å²) in [6, 6.07) is 1.78. The van der Waals surface area contributed by atoms with Crippen molar-refractivity contribution in [2.75, 3.05) is 13.1 Å². The van der Waals surface area contributed by atoms with Gasteiger partial charge in [0.2, 0.25) is 10.0 Å². The van der Waals surface area contributed by atoms with Gasteiger partial charge in [0.05, 0.1) is 4.90 Å². The standard InChI is InChI=1S/C15H29N3O2S/c1-4-7-9-17-21(19,20)15-11-14(12-16-8-5-2)18(13-15)10-6-3/h11,13,16-17H,4-10,12H2,1-3H3. The molecule has 1 rings (SSSR count). The Morgan fingerprint density at radius 3 is 2.48 bits per heavy atom. The van der Waals surface area contributed by atoms with Crippen LogP contribution >= 0.6 is 0 Å². The van der Waals surface area contributed by atoms with Crippen LogP contribution in [0.1, 0.15) is 52.1 Å². The van der Waals surface area contributed by atoms with Gasteiger partial charge in [0.15, 0.2) is 0 Å². The summed E-state index contributed by atoms with van der Waals surface area (Å²) in [5, 5.41) is 3.33. The van der Waals surface area contributed by atoms with Crippen molar-refractivity contribution < 1.29 is 8.42 Å². The highest BCUT2D eigenvalue weighted by molar-refractivity contribution is 7.89. The molecular weight excluding hydrogens is 286 g/mol. The highest BCUT2D eigenvalue weighted by atomic mass is 32.2. The number of hydrogen-bond donors (Lipinski definition) is 2. The first-order valence-electron chi connectivity index (χ1n) is 7.94. The molecule has 0 aliphatic heterocycles. The fourth-order valence-electron chi connectivity index (χ4n) is 2.13. The molecule has 0 saturated carbocycles. The summed E-state index contributed by atoms with van der Waals surface area (Å²) in [7, 11) is -3.38. The first-order valence-corrected chi connectivity index (χ1v) is 9.42. The molecule has 0 unspecified atom stereocenters. The van der Waals surface area contributed by atoms with Crippen molar-refractivity contribution in [1.82, 2.24) is 14.6 Å². The van der Waals surface area contributed by atoms with E-state index in [1.165, 1.54) is 0 Å². The van der Waals surface area contributed by atoms with Crippen molar-refractivity contribution in [3.63, 3.8) is 0 Å². The summed E-state index contributed by atoms with van der Waals surface area (Å²) < 4.78 is 29.2. The SMILES string of the molecule is CCCCNS(=O)(=O)c1cc(CNCCC)n(CCC)c1. The Bertz CT molecular complexity index is 509. The smallest absolute Gasteiger partial charge is 0.242 e. The molecule has 0 aliphatic rings. The fourth-order valence-corrected chi connectivity index (χ4v) is 3.27. The second kappa shape index (κ2) is 9.23. The first-order chi connectivity index (χ1) is 10.0. The number of unbranched alkanes of at least 4 members (excludes halogenated alkanes) is 1. The third-order valence-corrected chi connectivity index (χ3v) is 4.72. The normalized spacial score (nSPS) is 12.0. The van der Waals surface area contributed by atoms with Gasteiger partial charge in [-0.25, -0.2) is 13.1 Å². The van der Waals surface area contributed by atoms with Gasteiger partial charge in [-0.1, -0.05) is 27.2 Å². The Hall–Kier alpha value is -0.850. The van der Waals surface area contributed by atoms with Gasteiger partial charge in [0.25, 0.3) is 0 Å². The second-order valence-corrected chi connectivity index (χ2v) is 7.06. The van der Waals surface area contributed by atoms with Crippen molar-refractivity contribution in [3.8, 4) is 0 Å². The zero-order valence-electron chi connectivity index (χ0n) is 13.5. The van der Waals surface area contributed by atoms with Gasteiger partial charge in [-0.05, 0) is 31.9 Å². The Morgan fingerprint density at radius 2 is 1.86 bits per heavy atom. The molecule has 0 radical (unpaired) electrons. The van der Waals surface area contributed by atoms with Gasteiger partial charge in [0, 0.05) is 31.5 Å². The zero-order valence-corrected chi connectivity index (χ0v) is 14.3. The number of sulfonamides is 1. The van der Waals surface area contributed by atoms with E-state index in [1.54, 1.807) is 12.3 Å². The summed E-state index contributed by atoms with van der Waals surface area (Å²) in [5.74, 6) is 0. The average Bonchev–Trinajstić information content (AvgIpc) is 2.84. The van der Waals surface area contributed by atoms with E-state index in [1.807, 2.05) is 11.5 Å². The van der Waals surface area contributed by atoms with Crippen molar-refractivity contribution >= 4 is 10.0 Å². The maximum Gasteiger partial charge on any atom is 0.242 e. The largest absolute Gasteiger partial charge is 0.349 e. The lowest BCUT2D eigenvalue weighted by atomic mass is 10.3. The van der Waals surface area contributed by atoms with E-state index in [4.69, 9.17) is 0 Å². The molecule has 0 fully saturated rings. The number of rotatable bonds is 11. The van der Waals surface area contributed by atoms with Crippen molar-refractivity contribution in [2.24, 2.45) is 0 Å². The fraction of sp³-hybridized carbons (Fsp3) is 0.733. The molecule has 21 heavy (non-hydrogen) atoms. The van der Waals surface area contributed by atoms with Crippen LogP contribution in [0.3, 0.4) is 0 Å². The summed E-state index contributed by atoms with van der Waals surface area (Å²) in [6.45, 7) is 9.24. The molecule has 2 N–H and O–H groups in total. The molecule has 0 bridgehead atoms. The molecule has 0 aliphatic carbocycles. The first kappa shape index (κ1) is 18.2. The van der Waals surface area contributed by atoms with Crippen LogP contribution in [0, 0.1) is 0 Å². The molecule has 122 valence electrons. The highest BCUT2D eigenvalue weighted by Gasteiger charge is 2.17. The number of aromatic nitrogens is 1. The third kappa shape index (κ3) is 5.80. The summed E-state index contributed by atoms with van der Waals surface area (Å²) >= 11 is 0. The van der Waals surface area contributed by atoms with Gasteiger partial charge in [-0.2, -0.15) is 0 Å².